The van der Waals surface area contributed by atoms with Crippen molar-refractivity contribution in [2.75, 3.05) is 5.84 Å². The van der Waals surface area contributed by atoms with Crippen LogP contribution in [0.4, 0.5) is 0 Å². The van der Waals surface area contributed by atoms with E-state index >= 15 is 0 Å². The summed E-state index contributed by atoms with van der Waals surface area (Å²) in [7, 11) is -4.08. The number of hydrogen-bond acceptors (Lipinski definition) is 5. The first-order chi connectivity index (χ1) is 14.5. The molecule has 2 heterocycles. The molecule has 31 heavy (non-hydrogen) atoms. The Hall–Kier alpha value is -2.49. The van der Waals surface area contributed by atoms with Crippen LogP contribution in [0, 0.1) is 26.2 Å². The molecule has 9 heteroatoms. The molecule has 0 unspecified atom stereocenters. The van der Waals surface area contributed by atoms with Crippen molar-refractivity contribution in [2.24, 2.45) is 0 Å². The highest BCUT2D eigenvalue weighted by Gasteiger charge is 2.24. The summed E-state index contributed by atoms with van der Waals surface area (Å²) in [5.41, 5.74) is 3.71. The Kier molecular flexibility index (Phi) is 8.55. The van der Waals surface area contributed by atoms with E-state index in [1.807, 2.05) is 37.4 Å². The number of halogens is 1. The zero-order chi connectivity index (χ0) is 23.2. The number of hydrogen-bond donors (Lipinski definition) is 3. The largest absolute Gasteiger partial charge is 0.338 e. The molecule has 2 aromatic heterocycles. The van der Waals surface area contributed by atoms with Crippen LogP contribution in [0.5, 0.6) is 0 Å². The molecule has 1 aromatic carbocycles. The Balaban J connectivity index is 0.000000176. The van der Waals surface area contributed by atoms with Gasteiger partial charge in [-0.1, -0.05) is 23.8 Å². The van der Waals surface area contributed by atoms with Crippen LogP contribution in [0.15, 0.2) is 64.4 Å². The highest BCUT2D eigenvalue weighted by molar-refractivity contribution is 9.10. The van der Waals surface area contributed by atoms with Crippen molar-refractivity contribution >= 4 is 26.0 Å². The topological polar surface area (TPSA) is 122 Å². The highest BCUT2D eigenvalue weighted by Crippen LogP contribution is 2.39. The number of rotatable bonds is 2. The first-order valence-corrected chi connectivity index (χ1v) is 11.9. The van der Waals surface area contributed by atoms with Crippen molar-refractivity contribution in [3.05, 3.63) is 87.2 Å². The molecule has 1 saturated carbocycles. The minimum absolute atomic E-state index is 0.0260. The molecule has 4 N–H and O–H groups in total. The fourth-order valence-corrected chi connectivity index (χ4v) is 4.53. The molecule has 0 atom stereocenters. The number of pyridine rings is 2. The van der Waals surface area contributed by atoms with E-state index in [-0.39, 0.29) is 4.90 Å². The molecule has 0 aliphatic heterocycles. The van der Waals surface area contributed by atoms with Crippen LogP contribution in [-0.4, -0.2) is 22.6 Å². The van der Waals surface area contributed by atoms with Gasteiger partial charge in [0.2, 0.25) is 0 Å². The van der Waals surface area contributed by atoms with E-state index in [2.05, 4.69) is 20.9 Å². The van der Waals surface area contributed by atoms with Crippen molar-refractivity contribution < 1.29 is 13.0 Å². The molecule has 4 rings (SSSR count). The lowest BCUT2D eigenvalue weighted by molar-refractivity contribution is 0.482. The summed E-state index contributed by atoms with van der Waals surface area (Å²) >= 11 is 3.30. The maximum atomic E-state index is 10.9. The van der Waals surface area contributed by atoms with Gasteiger partial charge in [0.15, 0.2) is 5.49 Å². The van der Waals surface area contributed by atoms with Crippen LogP contribution >= 0.6 is 15.9 Å². The summed E-state index contributed by atoms with van der Waals surface area (Å²) in [6, 6.07) is 11.2. The maximum absolute atomic E-state index is 10.9. The zero-order valence-corrected chi connectivity index (χ0v) is 20.1. The molecule has 1 aliphatic carbocycles. The maximum Gasteiger partial charge on any atom is 0.295 e. The summed E-state index contributed by atoms with van der Waals surface area (Å²) in [6.45, 7) is 5.22. The molecule has 0 amide bonds. The number of aryl methyl sites for hydroxylation is 3. The number of nitrogens with zero attached hydrogens (tertiary/aromatic N) is 2. The third-order valence-electron chi connectivity index (χ3n) is 4.54. The Labute approximate surface area is 191 Å². The predicted octanol–water partition coefficient (Wildman–Crippen LogP) is 4.26. The Morgan fingerprint density at radius 3 is 2.00 bits per heavy atom. The van der Waals surface area contributed by atoms with Crippen molar-refractivity contribution in [1.82, 2.24) is 9.66 Å². The molecular weight excluding hydrogens is 480 g/mol. The normalized spacial score (nSPS) is 12.8. The molecule has 1 aliphatic rings. The predicted molar refractivity (Wildman–Crippen MR) is 125 cm³/mol. The number of benzene rings is 1. The van der Waals surface area contributed by atoms with E-state index in [4.69, 9.17) is 15.8 Å². The van der Waals surface area contributed by atoms with Gasteiger partial charge < -0.3 is 5.84 Å². The molecular formula is C22H27BrN4O3S. The number of nitrogen functional groups attached to an aromatic ring is 1. The quantitative estimate of drug-likeness (QED) is 0.354. The molecule has 1 fully saturated rings. The molecule has 7 nitrogen and oxygen atoms in total. The summed E-state index contributed by atoms with van der Waals surface area (Å²) in [6.07, 6.45) is 7.85. The molecule has 0 bridgehead atoms. The number of nitrogens with one attached hydrogen (secondary N) is 1. The average Bonchev–Trinajstić information content (AvgIpc) is 3.51. The van der Waals surface area contributed by atoms with Crippen molar-refractivity contribution in [3.63, 3.8) is 0 Å². The van der Waals surface area contributed by atoms with E-state index in [1.165, 1.54) is 23.1 Å². The van der Waals surface area contributed by atoms with Crippen molar-refractivity contribution in [1.29, 1.82) is 5.41 Å². The lowest BCUT2D eigenvalue weighted by Gasteiger charge is -2.07. The lowest BCUT2D eigenvalue weighted by Crippen LogP contribution is -2.27. The second kappa shape index (κ2) is 10.7. The third kappa shape index (κ3) is 7.61. The van der Waals surface area contributed by atoms with Crippen molar-refractivity contribution in [3.8, 4) is 0 Å². The van der Waals surface area contributed by atoms with Gasteiger partial charge in [0.05, 0.1) is 9.37 Å². The van der Waals surface area contributed by atoms with E-state index in [9.17, 15) is 8.42 Å². The molecule has 0 spiro atoms. The minimum atomic E-state index is -4.08. The second-order valence-corrected chi connectivity index (χ2v) is 9.59. The summed E-state index contributed by atoms with van der Waals surface area (Å²) < 4.78 is 32.9. The molecule has 0 saturated heterocycles. The number of aromatic nitrogens is 2. The standard InChI is InChI=1S/C9H12O3S.C8H10BrN3.C5H5N/c1-6-4-7(2)9(8(3)5-6)13(10,11)12;9-7-3-6(5-1-2-5)4-12(11)8(7)10;1-2-4-6-5-3-1/h4-5H,1-3H3,(H,10,11,12);3-5,10H,1-2,11H2;1-5H. The fourth-order valence-electron chi connectivity index (χ4n) is 3.13. The van der Waals surface area contributed by atoms with Crippen LogP contribution in [0.3, 0.4) is 0 Å². The van der Waals surface area contributed by atoms with E-state index in [0.717, 1.165) is 10.0 Å². The van der Waals surface area contributed by atoms with Crippen LogP contribution < -0.4 is 11.3 Å². The van der Waals surface area contributed by atoms with Gasteiger partial charge in [-0.15, -0.1) is 0 Å². The highest BCUT2D eigenvalue weighted by atomic mass is 79.9. The van der Waals surface area contributed by atoms with Gasteiger partial charge in [-0.3, -0.25) is 19.6 Å². The van der Waals surface area contributed by atoms with Gasteiger partial charge in [0.25, 0.3) is 10.1 Å². The lowest BCUT2D eigenvalue weighted by atomic mass is 10.1. The monoisotopic (exact) mass is 506 g/mol. The van der Waals surface area contributed by atoms with Crippen molar-refractivity contribution in [2.45, 2.75) is 44.4 Å². The van der Waals surface area contributed by atoms with Crippen LogP contribution in [0.1, 0.15) is 41.0 Å². The zero-order valence-electron chi connectivity index (χ0n) is 17.7. The van der Waals surface area contributed by atoms with Gasteiger partial charge in [0.1, 0.15) is 0 Å². The smallest absolute Gasteiger partial charge is 0.295 e. The Morgan fingerprint density at radius 2 is 1.65 bits per heavy atom. The molecule has 166 valence electrons. The third-order valence-corrected chi connectivity index (χ3v) is 6.31. The fraction of sp³-hybridized carbons (Fsp3) is 0.273. The van der Waals surface area contributed by atoms with E-state index < -0.39 is 10.1 Å². The average molecular weight is 507 g/mol. The molecule has 3 aromatic rings. The van der Waals surface area contributed by atoms with Crippen LogP contribution in [0.25, 0.3) is 0 Å². The van der Waals surface area contributed by atoms with E-state index in [1.54, 1.807) is 38.4 Å². The first kappa shape index (κ1) is 24.8. The van der Waals surface area contributed by atoms with Gasteiger partial charge in [0, 0.05) is 18.6 Å². The summed E-state index contributed by atoms with van der Waals surface area (Å²) in [4.78, 5) is 3.81. The van der Waals surface area contributed by atoms with Crippen LogP contribution in [0.2, 0.25) is 0 Å². The van der Waals surface area contributed by atoms with Gasteiger partial charge in [-0.2, -0.15) is 8.42 Å². The van der Waals surface area contributed by atoms with Gasteiger partial charge in [-0.05, 0) is 90.4 Å². The van der Waals surface area contributed by atoms with Gasteiger partial charge in [-0.25, -0.2) is 0 Å². The molecule has 0 radical (unpaired) electrons. The number of nitrogens with two attached hydrogens (primary N) is 1. The Morgan fingerprint density at radius 1 is 1.10 bits per heavy atom. The minimum Gasteiger partial charge on any atom is -0.338 e. The summed E-state index contributed by atoms with van der Waals surface area (Å²) in [5, 5.41) is 7.49. The van der Waals surface area contributed by atoms with E-state index in [0.29, 0.717) is 22.5 Å². The SMILES string of the molecule is Cc1cc(C)c(S(=O)(=O)O)c(C)c1.N=c1c(Br)cc(C2CC2)cn1N.c1ccncc1. The van der Waals surface area contributed by atoms with Gasteiger partial charge >= 0.3 is 0 Å². The van der Waals surface area contributed by atoms with Crippen LogP contribution in [-0.2, 0) is 10.1 Å². The second-order valence-electron chi connectivity index (χ2n) is 7.38. The summed E-state index contributed by atoms with van der Waals surface area (Å²) in [5.74, 6) is 6.26. The Bertz CT molecular complexity index is 1120. The first-order valence-electron chi connectivity index (χ1n) is 9.62.